The third-order valence-electron chi connectivity index (χ3n) is 3.96. The lowest BCUT2D eigenvalue weighted by Gasteiger charge is -2.19. The van der Waals surface area contributed by atoms with Crippen LogP contribution in [0.15, 0.2) is 24.3 Å². The number of methoxy groups -OCH3 is 6. The van der Waals surface area contributed by atoms with E-state index in [1.165, 1.54) is 42.7 Å². The average Bonchev–Trinajstić information content (AvgIpc) is 2.70. The summed E-state index contributed by atoms with van der Waals surface area (Å²) in [6, 6.07) is 6.56. The molecule has 0 spiro atoms. The van der Waals surface area contributed by atoms with Gasteiger partial charge in [-0.3, -0.25) is 0 Å². The normalized spacial score (nSPS) is 10.9. The predicted molar refractivity (Wildman–Crippen MR) is 108 cm³/mol. The second-order valence-electron chi connectivity index (χ2n) is 5.30. The first-order valence-corrected chi connectivity index (χ1v) is 11.5. The minimum atomic E-state index is -3.24. The van der Waals surface area contributed by atoms with Crippen molar-refractivity contribution in [2.45, 2.75) is 0 Å². The molecule has 148 valence electrons. The fourth-order valence-electron chi connectivity index (χ4n) is 2.62. The Kier molecular flexibility index (Phi) is 6.89. The number of rotatable bonds is 8. The van der Waals surface area contributed by atoms with E-state index in [-0.39, 0.29) is 0 Å². The van der Waals surface area contributed by atoms with Crippen molar-refractivity contribution in [1.82, 2.24) is 0 Å². The number of benzene rings is 2. The molecule has 2 aromatic carbocycles. The minimum absolute atomic E-state index is 0.402. The van der Waals surface area contributed by atoms with Crippen molar-refractivity contribution >= 4 is 31.9 Å². The van der Waals surface area contributed by atoms with Gasteiger partial charge in [-0.25, -0.2) is 0 Å². The van der Waals surface area contributed by atoms with Crippen LogP contribution in [0.4, 0.5) is 0 Å². The summed E-state index contributed by atoms with van der Waals surface area (Å²) in [4.78, 5) is 0. The summed E-state index contributed by atoms with van der Waals surface area (Å²) >= 11 is 3.40. The Bertz CT molecular complexity index is 751. The Labute approximate surface area is 166 Å². The lowest BCUT2D eigenvalue weighted by Crippen LogP contribution is -2.14. The van der Waals surface area contributed by atoms with Gasteiger partial charge in [0, 0.05) is 10.6 Å². The molecule has 0 N–H and O–H groups in total. The van der Waals surface area contributed by atoms with Gasteiger partial charge in [0.05, 0.1) is 42.7 Å². The maximum atomic E-state index is 13.7. The summed E-state index contributed by atoms with van der Waals surface area (Å²) < 4.78 is 45.8. The molecule has 0 heterocycles. The van der Waals surface area contributed by atoms with E-state index in [0.29, 0.717) is 45.1 Å². The van der Waals surface area contributed by atoms with E-state index in [9.17, 15) is 4.57 Å². The maximum absolute atomic E-state index is 13.7. The molecular weight excluding hydrogens is 439 g/mol. The van der Waals surface area contributed by atoms with Crippen molar-refractivity contribution in [3.8, 4) is 34.5 Å². The Morgan fingerprint density at radius 2 is 0.852 bits per heavy atom. The fourth-order valence-corrected chi connectivity index (χ4v) is 5.28. The fraction of sp³-hybridized carbons (Fsp3) is 0.333. The van der Waals surface area contributed by atoms with Gasteiger partial charge in [0.2, 0.25) is 17.3 Å². The van der Waals surface area contributed by atoms with E-state index < -0.39 is 5.84 Å². The van der Waals surface area contributed by atoms with Crippen LogP contribution in [0, 0.1) is 0 Å². The smallest absolute Gasteiger partial charge is 0.204 e. The van der Waals surface area contributed by atoms with Gasteiger partial charge >= 0.3 is 0 Å². The summed E-state index contributed by atoms with van der Waals surface area (Å²) in [5, 5.41) is 0.928. The number of ether oxygens (including phenoxy) is 6. The zero-order chi connectivity index (χ0) is 20.2. The van der Waals surface area contributed by atoms with E-state index in [4.69, 9.17) is 28.4 Å². The van der Waals surface area contributed by atoms with Crippen LogP contribution in [0.5, 0.6) is 34.5 Å². The Balaban J connectivity index is 2.70. The molecule has 0 atom stereocenters. The van der Waals surface area contributed by atoms with Crippen molar-refractivity contribution in [3.05, 3.63) is 24.3 Å². The Hall–Kier alpha value is -2.05. The summed E-state index contributed by atoms with van der Waals surface area (Å²) in [6.07, 6.45) is 0. The highest BCUT2D eigenvalue weighted by atomic mass is 79.9. The lowest BCUT2D eigenvalue weighted by atomic mass is 10.3. The van der Waals surface area contributed by atoms with Gasteiger partial charge in [0.1, 0.15) is 0 Å². The molecule has 0 fully saturated rings. The van der Waals surface area contributed by atoms with Crippen LogP contribution < -0.4 is 39.0 Å². The van der Waals surface area contributed by atoms with Crippen LogP contribution in [0.25, 0.3) is 0 Å². The summed E-state index contributed by atoms with van der Waals surface area (Å²) in [5.41, 5.74) is 0. The highest BCUT2D eigenvalue weighted by Crippen LogP contribution is 2.55. The third-order valence-corrected chi connectivity index (χ3v) is 8.26. The van der Waals surface area contributed by atoms with Crippen LogP contribution in [-0.2, 0) is 4.57 Å². The third kappa shape index (κ3) is 3.96. The van der Waals surface area contributed by atoms with E-state index in [0.717, 1.165) is 0 Å². The van der Waals surface area contributed by atoms with E-state index in [2.05, 4.69) is 15.5 Å². The molecule has 0 aliphatic carbocycles. The van der Waals surface area contributed by atoms with Crippen molar-refractivity contribution in [2.75, 3.05) is 42.7 Å². The van der Waals surface area contributed by atoms with Crippen LogP contribution in [0.1, 0.15) is 0 Å². The van der Waals surface area contributed by atoms with Crippen molar-refractivity contribution in [2.24, 2.45) is 0 Å². The first kappa shape index (κ1) is 21.3. The van der Waals surface area contributed by atoms with Crippen molar-refractivity contribution in [3.63, 3.8) is 0 Å². The summed E-state index contributed by atoms with van der Waals surface area (Å²) in [5.74, 6) is -0.794. The van der Waals surface area contributed by atoms with Gasteiger partial charge in [-0.05, 0) is 39.8 Å². The molecule has 2 aromatic rings. The van der Waals surface area contributed by atoms with Crippen LogP contribution in [0.3, 0.4) is 0 Å². The lowest BCUT2D eigenvalue weighted by molar-refractivity contribution is 0.325. The monoisotopic (exact) mass is 460 g/mol. The molecule has 0 bridgehead atoms. The molecule has 27 heavy (non-hydrogen) atoms. The largest absolute Gasteiger partial charge is 0.493 e. The molecule has 9 heteroatoms. The second-order valence-corrected chi connectivity index (χ2v) is 10.4. The molecule has 0 amide bonds. The summed E-state index contributed by atoms with van der Waals surface area (Å²) in [7, 11) is 9.01. The molecule has 7 nitrogen and oxygen atoms in total. The number of hydrogen-bond donors (Lipinski definition) is 0. The molecule has 0 aliphatic rings. The van der Waals surface area contributed by atoms with Crippen molar-refractivity contribution in [1.29, 1.82) is 0 Å². The minimum Gasteiger partial charge on any atom is -0.493 e. The van der Waals surface area contributed by atoms with E-state index in [1.807, 2.05) is 0 Å². The van der Waals surface area contributed by atoms with Gasteiger partial charge < -0.3 is 33.0 Å². The predicted octanol–water partition coefficient (Wildman–Crippen LogP) is 3.36. The Morgan fingerprint density at radius 3 is 1.04 bits per heavy atom. The molecule has 0 aliphatic heterocycles. The Morgan fingerprint density at radius 1 is 0.593 bits per heavy atom. The SMILES string of the molecule is COc1cc(P(=O)(Br)c2cc(OC)c(OC)c(OC)c2)cc(OC)c1OC. The zero-order valence-electron chi connectivity index (χ0n) is 16.0. The van der Waals surface area contributed by atoms with Gasteiger partial charge in [-0.2, -0.15) is 0 Å². The van der Waals surface area contributed by atoms with Gasteiger partial charge in [0.15, 0.2) is 23.0 Å². The molecular formula is C18H22BrO7P. The van der Waals surface area contributed by atoms with Gasteiger partial charge in [-0.15, -0.1) is 0 Å². The molecule has 0 aromatic heterocycles. The topological polar surface area (TPSA) is 72.5 Å². The van der Waals surface area contributed by atoms with Crippen LogP contribution in [-0.4, -0.2) is 42.7 Å². The highest BCUT2D eigenvalue weighted by Gasteiger charge is 2.30. The number of hydrogen-bond acceptors (Lipinski definition) is 7. The van der Waals surface area contributed by atoms with E-state index >= 15 is 0 Å². The first-order chi connectivity index (χ1) is 12.9. The van der Waals surface area contributed by atoms with Crippen LogP contribution in [0.2, 0.25) is 0 Å². The second kappa shape index (κ2) is 8.76. The molecule has 0 radical (unpaired) electrons. The van der Waals surface area contributed by atoms with Crippen molar-refractivity contribution < 1.29 is 33.0 Å². The average molecular weight is 461 g/mol. The first-order valence-electron chi connectivity index (χ1n) is 7.78. The number of halogens is 1. The van der Waals surface area contributed by atoms with Gasteiger partial charge in [-0.1, -0.05) is 0 Å². The molecule has 2 rings (SSSR count). The van der Waals surface area contributed by atoms with E-state index in [1.54, 1.807) is 24.3 Å². The highest BCUT2D eigenvalue weighted by molar-refractivity contribution is 9.42. The summed E-state index contributed by atoms with van der Waals surface area (Å²) in [6.45, 7) is 0. The standard InChI is InChI=1S/C18H22BrO7P/c1-21-13-7-11(8-14(22-2)17(13)25-5)27(19,20)12-9-15(23-3)18(26-6)16(10-12)24-4/h7-10H,1-6H3. The van der Waals surface area contributed by atoms with Gasteiger partial charge in [0.25, 0.3) is 0 Å². The maximum Gasteiger partial charge on any atom is 0.204 e. The van der Waals surface area contributed by atoms with Crippen LogP contribution >= 0.6 is 21.3 Å². The molecule has 0 saturated carbocycles. The molecule has 0 unspecified atom stereocenters. The zero-order valence-corrected chi connectivity index (χ0v) is 18.5. The quantitative estimate of drug-likeness (QED) is 0.559. The molecule has 0 saturated heterocycles.